The molecule has 1 saturated carbocycles. The molecule has 1 saturated heterocycles. The lowest BCUT2D eigenvalue weighted by Crippen LogP contribution is -2.43. The number of hydrogen-bond acceptors (Lipinski definition) is 9. The molecule has 0 spiro atoms. The van der Waals surface area contributed by atoms with Gasteiger partial charge in [-0.25, -0.2) is 4.98 Å². The van der Waals surface area contributed by atoms with E-state index in [-0.39, 0.29) is 12.0 Å². The Bertz CT molecular complexity index is 1340. The van der Waals surface area contributed by atoms with Crippen LogP contribution in [0.25, 0.3) is 0 Å². The van der Waals surface area contributed by atoms with Crippen LogP contribution in [0.5, 0.6) is 5.75 Å². The number of morpholine rings is 1. The average Bonchev–Trinajstić information content (AvgIpc) is 3.47. The summed E-state index contributed by atoms with van der Waals surface area (Å²) in [5.41, 5.74) is 2.89. The molecule has 4 aliphatic rings. The highest BCUT2D eigenvalue weighted by atomic mass is 35.5. The molecule has 1 aliphatic heterocycles. The van der Waals surface area contributed by atoms with Gasteiger partial charge >= 0.3 is 5.97 Å². The van der Waals surface area contributed by atoms with Crippen LogP contribution in [0.1, 0.15) is 36.8 Å². The first-order chi connectivity index (χ1) is 20.4. The summed E-state index contributed by atoms with van der Waals surface area (Å²) in [4.78, 5) is 24.1. The Balaban J connectivity index is 1.20. The smallest absolute Gasteiger partial charge is 0.309 e. The van der Waals surface area contributed by atoms with E-state index in [4.69, 9.17) is 30.8 Å². The molecule has 42 heavy (non-hydrogen) atoms. The summed E-state index contributed by atoms with van der Waals surface area (Å²) >= 11 is 6.54. The lowest BCUT2D eigenvalue weighted by Gasteiger charge is -2.34. The van der Waals surface area contributed by atoms with Gasteiger partial charge in [-0.3, -0.25) is 9.69 Å². The van der Waals surface area contributed by atoms with Crippen LogP contribution in [-0.4, -0.2) is 85.2 Å². The third-order valence-electron chi connectivity index (χ3n) is 9.66. The zero-order valence-corrected chi connectivity index (χ0v) is 25.0. The van der Waals surface area contributed by atoms with Crippen LogP contribution in [0.3, 0.4) is 0 Å². The van der Waals surface area contributed by atoms with Crippen LogP contribution in [0.4, 0.5) is 17.5 Å². The predicted molar refractivity (Wildman–Crippen MR) is 161 cm³/mol. The van der Waals surface area contributed by atoms with Gasteiger partial charge in [0.15, 0.2) is 5.82 Å². The first-order valence-electron chi connectivity index (χ1n) is 14.9. The van der Waals surface area contributed by atoms with Gasteiger partial charge in [-0.15, -0.1) is 0 Å². The Hall–Kier alpha value is -2.92. The van der Waals surface area contributed by atoms with Gasteiger partial charge in [0.2, 0.25) is 5.95 Å². The monoisotopic (exact) mass is 597 g/mol. The lowest BCUT2D eigenvalue weighted by molar-refractivity contribution is -0.145. The summed E-state index contributed by atoms with van der Waals surface area (Å²) in [6.45, 7) is 4.11. The van der Waals surface area contributed by atoms with Crippen molar-refractivity contribution in [1.82, 2.24) is 14.9 Å². The number of anilines is 3. The largest absolute Gasteiger partial charge is 0.494 e. The molecule has 5 atom stereocenters. The number of carboxylic acid groups (broad SMARTS) is 1. The van der Waals surface area contributed by atoms with Crippen molar-refractivity contribution >= 4 is 35.0 Å². The number of carbonyl (C=O) groups is 1. The molecule has 3 N–H and O–H groups in total. The minimum Gasteiger partial charge on any atom is -0.494 e. The molecule has 0 radical (unpaired) electrons. The van der Waals surface area contributed by atoms with Gasteiger partial charge in [-0.05, 0) is 61.6 Å². The fourth-order valence-electron chi connectivity index (χ4n) is 7.60. The van der Waals surface area contributed by atoms with Crippen molar-refractivity contribution in [2.75, 3.05) is 57.8 Å². The maximum Gasteiger partial charge on any atom is 0.309 e. The molecular formula is C31H40ClN5O5. The molecule has 1 aromatic heterocycles. The molecule has 3 aliphatic carbocycles. The molecule has 2 bridgehead atoms. The maximum atomic E-state index is 12.5. The Morgan fingerprint density at radius 3 is 2.81 bits per heavy atom. The maximum absolute atomic E-state index is 12.5. The van der Waals surface area contributed by atoms with Crippen LogP contribution in [0, 0.1) is 17.3 Å². The predicted octanol–water partition coefficient (Wildman–Crippen LogP) is 4.56. The van der Waals surface area contributed by atoms with Crippen molar-refractivity contribution in [3.05, 3.63) is 46.6 Å². The Morgan fingerprint density at radius 1 is 1.24 bits per heavy atom. The number of nitrogens with zero attached hydrogens (tertiary/aromatic N) is 3. The standard InChI is InChI=1S/C31H40ClN5O5/c1-40-14-11-31-10-9-20(17-31)26(25(31)29(38)39)35-28-23(32)18-33-30(36-28)34-24-8-4-19-3-5-21(37-12-15-42-16-13-37)6-7-22(19)27(24)41-2/h4,8-10,18,20-21,25-26H,3,5-7,11-17H2,1-2H3,(H,38,39)(H2,33,34,35,36)/t20-,21-,25?,26+,31+/m0/s1. The first-order valence-corrected chi connectivity index (χ1v) is 15.3. The normalized spacial score (nSPS) is 28.7. The Kier molecular flexibility index (Phi) is 8.58. The highest BCUT2D eigenvalue weighted by Gasteiger charge is 2.58. The van der Waals surface area contributed by atoms with Crippen LogP contribution in [-0.2, 0) is 27.1 Å². The third-order valence-corrected chi connectivity index (χ3v) is 9.94. The first kappa shape index (κ1) is 29.2. The molecule has 11 heteroatoms. The van der Waals surface area contributed by atoms with Gasteiger partial charge in [0.25, 0.3) is 0 Å². The van der Waals surface area contributed by atoms with Crippen LogP contribution < -0.4 is 15.4 Å². The van der Waals surface area contributed by atoms with Crippen LogP contribution in [0.15, 0.2) is 30.5 Å². The van der Waals surface area contributed by atoms with Crippen LogP contribution in [0.2, 0.25) is 5.02 Å². The highest BCUT2D eigenvalue weighted by molar-refractivity contribution is 6.32. The van der Waals surface area contributed by atoms with E-state index >= 15 is 0 Å². The van der Waals surface area contributed by atoms with E-state index in [1.165, 1.54) is 11.1 Å². The van der Waals surface area contributed by atoms with E-state index in [1.807, 2.05) is 6.07 Å². The number of benzene rings is 1. The number of hydrogen-bond donors (Lipinski definition) is 3. The molecule has 0 amide bonds. The topological polar surface area (TPSA) is 118 Å². The molecular weight excluding hydrogens is 558 g/mol. The second-order valence-electron chi connectivity index (χ2n) is 11.9. The summed E-state index contributed by atoms with van der Waals surface area (Å²) < 4.78 is 16.8. The van der Waals surface area contributed by atoms with Crippen molar-refractivity contribution in [2.24, 2.45) is 17.3 Å². The zero-order chi connectivity index (χ0) is 29.3. The van der Waals surface area contributed by atoms with E-state index in [0.717, 1.165) is 69.8 Å². The van der Waals surface area contributed by atoms with Gasteiger partial charge in [-0.1, -0.05) is 29.8 Å². The number of fused-ring (bicyclic) bond motifs is 3. The van der Waals surface area contributed by atoms with Crippen molar-refractivity contribution in [3.63, 3.8) is 0 Å². The summed E-state index contributed by atoms with van der Waals surface area (Å²) in [6, 6.07) is 4.40. The number of aliphatic carboxylic acids is 1. The van der Waals surface area contributed by atoms with Gasteiger partial charge in [0.1, 0.15) is 10.8 Å². The van der Waals surface area contributed by atoms with E-state index in [1.54, 1.807) is 20.4 Å². The number of rotatable bonds is 10. The number of methoxy groups -OCH3 is 2. The number of ether oxygens (including phenoxy) is 3. The number of aryl methyl sites for hydroxylation is 1. The number of carboxylic acids is 1. The quantitative estimate of drug-likeness (QED) is 0.266. The number of halogens is 1. The van der Waals surface area contributed by atoms with Crippen molar-refractivity contribution < 1.29 is 24.1 Å². The SMILES string of the molecule is COCC[C@]12C=C[C@@H](C1)[C@@H](Nc1nc(Nc3ccc4c(c3OC)CC[C@@H](N3CCOCC3)CC4)ncc1Cl)C2C(=O)O. The molecule has 2 fully saturated rings. The second-order valence-corrected chi connectivity index (χ2v) is 12.3. The molecule has 1 aromatic carbocycles. The zero-order valence-electron chi connectivity index (χ0n) is 24.3. The minimum absolute atomic E-state index is 0.0661. The number of allylic oxidation sites excluding steroid dienone is 1. The fraction of sp³-hybridized carbons (Fsp3) is 0.581. The molecule has 2 aromatic rings. The molecule has 2 heterocycles. The van der Waals surface area contributed by atoms with Gasteiger partial charge in [0.05, 0.1) is 38.1 Å². The van der Waals surface area contributed by atoms with Gasteiger partial charge < -0.3 is 30.0 Å². The minimum atomic E-state index is -0.829. The molecule has 1 unspecified atom stereocenters. The van der Waals surface area contributed by atoms with Gasteiger partial charge in [-0.2, -0.15) is 4.98 Å². The summed E-state index contributed by atoms with van der Waals surface area (Å²) in [6.07, 6.45) is 11.3. The molecule has 226 valence electrons. The van der Waals surface area contributed by atoms with Crippen molar-refractivity contribution in [2.45, 2.75) is 50.6 Å². The van der Waals surface area contributed by atoms with Crippen LogP contribution >= 0.6 is 11.6 Å². The van der Waals surface area contributed by atoms with E-state index in [9.17, 15) is 9.90 Å². The number of aromatic nitrogens is 2. The Labute approximate surface area is 251 Å². The van der Waals surface area contributed by atoms with E-state index in [2.05, 4.69) is 38.7 Å². The molecule has 10 nitrogen and oxygen atoms in total. The Morgan fingerprint density at radius 2 is 2.05 bits per heavy atom. The van der Waals surface area contributed by atoms with E-state index in [0.29, 0.717) is 35.9 Å². The lowest BCUT2D eigenvalue weighted by atomic mass is 9.74. The van der Waals surface area contributed by atoms with Crippen molar-refractivity contribution in [1.29, 1.82) is 0 Å². The summed E-state index contributed by atoms with van der Waals surface area (Å²) in [7, 11) is 3.35. The average molecular weight is 598 g/mol. The summed E-state index contributed by atoms with van der Waals surface area (Å²) in [5, 5.41) is 17.3. The van der Waals surface area contributed by atoms with Crippen molar-refractivity contribution in [3.8, 4) is 5.75 Å². The molecule has 6 rings (SSSR count). The van der Waals surface area contributed by atoms with E-state index < -0.39 is 17.3 Å². The fourth-order valence-corrected chi connectivity index (χ4v) is 7.74. The number of nitrogens with one attached hydrogen (secondary N) is 2. The second kappa shape index (κ2) is 12.4. The summed E-state index contributed by atoms with van der Waals surface area (Å²) in [5.74, 6) is 0.208. The third kappa shape index (κ3) is 5.57. The van der Waals surface area contributed by atoms with Gasteiger partial charge in [0, 0.05) is 44.3 Å². The highest BCUT2D eigenvalue weighted by Crippen LogP contribution is 2.56.